The second-order valence-corrected chi connectivity index (χ2v) is 1.82. The number of carbonyl (C=O) groups is 1. The Hall–Kier alpha value is -0.450. The van der Waals surface area contributed by atoms with Crippen LogP contribution < -0.4 is 5.90 Å². The largest absolute Gasteiger partial charge is 0.374 e. The fourth-order valence-corrected chi connectivity index (χ4v) is 0.521. The molecule has 0 atom stereocenters. The minimum absolute atomic E-state index is 0.184. The molecule has 0 amide bonds. The summed E-state index contributed by atoms with van der Waals surface area (Å²) < 4.78 is 4.86. The van der Waals surface area contributed by atoms with E-state index in [4.69, 9.17) is 10.6 Å². The van der Waals surface area contributed by atoms with Gasteiger partial charge >= 0.3 is 0 Å². The summed E-state index contributed by atoms with van der Waals surface area (Å²) >= 11 is 0. The van der Waals surface area contributed by atoms with Gasteiger partial charge < -0.3 is 14.4 Å². The number of aldehydes is 1. The molecule has 0 heterocycles. The van der Waals surface area contributed by atoms with Crippen molar-refractivity contribution < 1.29 is 14.4 Å². The third kappa shape index (κ3) is 7.55. The maximum Gasteiger partial charge on any atom is 0.145 e. The van der Waals surface area contributed by atoms with E-state index in [1.54, 1.807) is 0 Å². The molecular weight excluding hydrogens is 134 g/mol. The van der Waals surface area contributed by atoms with Crippen molar-refractivity contribution in [2.24, 2.45) is 5.90 Å². The van der Waals surface area contributed by atoms with Crippen molar-refractivity contribution >= 4 is 6.29 Å². The van der Waals surface area contributed by atoms with Gasteiger partial charge in [0.1, 0.15) is 12.9 Å². The maximum atomic E-state index is 9.72. The average molecular weight is 147 g/mol. The molecular formula is C6H13NO3. The normalized spacial score (nSPS) is 9.70. The highest BCUT2D eigenvalue weighted by Gasteiger charge is 1.87. The van der Waals surface area contributed by atoms with E-state index in [0.717, 1.165) is 19.1 Å². The van der Waals surface area contributed by atoms with Crippen molar-refractivity contribution in [3.05, 3.63) is 0 Å². The predicted octanol–water partition coefficient (Wildman–Crippen LogP) is -0.128. The van der Waals surface area contributed by atoms with Gasteiger partial charge in [0.2, 0.25) is 0 Å². The number of hydrogen-bond donors (Lipinski definition) is 1. The van der Waals surface area contributed by atoms with E-state index in [0.29, 0.717) is 13.2 Å². The monoisotopic (exact) mass is 147 g/mol. The summed E-state index contributed by atoms with van der Waals surface area (Å²) in [4.78, 5) is 14.0. The molecule has 0 saturated heterocycles. The zero-order valence-electron chi connectivity index (χ0n) is 5.91. The van der Waals surface area contributed by atoms with Crippen molar-refractivity contribution in [3.8, 4) is 0 Å². The van der Waals surface area contributed by atoms with Gasteiger partial charge in [0.15, 0.2) is 0 Å². The van der Waals surface area contributed by atoms with E-state index in [2.05, 4.69) is 4.84 Å². The number of nitrogens with two attached hydrogens (primary N) is 1. The number of unbranched alkanes of at least 4 members (excludes halogenated alkanes) is 1. The molecule has 4 nitrogen and oxygen atoms in total. The fraction of sp³-hybridized carbons (Fsp3) is 0.833. The van der Waals surface area contributed by atoms with Gasteiger partial charge in [-0.05, 0) is 12.8 Å². The predicted molar refractivity (Wildman–Crippen MR) is 36.3 cm³/mol. The first-order valence-electron chi connectivity index (χ1n) is 3.25. The van der Waals surface area contributed by atoms with Crippen LogP contribution in [0.2, 0.25) is 0 Å². The number of carbonyl (C=O) groups excluding carboxylic acids is 1. The molecule has 0 aromatic rings. The molecule has 0 aliphatic rings. The van der Waals surface area contributed by atoms with Crippen molar-refractivity contribution in [2.75, 3.05) is 19.8 Å². The quantitative estimate of drug-likeness (QED) is 0.309. The maximum absolute atomic E-state index is 9.72. The highest BCUT2D eigenvalue weighted by molar-refractivity contribution is 5.50. The summed E-state index contributed by atoms with van der Waals surface area (Å²) in [6, 6.07) is 0. The van der Waals surface area contributed by atoms with Crippen LogP contribution in [0.25, 0.3) is 0 Å². The highest BCUT2D eigenvalue weighted by Crippen LogP contribution is 1.88. The van der Waals surface area contributed by atoms with Gasteiger partial charge in [-0.2, -0.15) is 0 Å². The summed E-state index contributed by atoms with van der Waals surface area (Å²) in [6.07, 6.45) is 2.49. The average Bonchev–Trinajstić information content (AvgIpc) is 1.97. The Balaban J connectivity index is 2.70. The van der Waals surface area contributed by atoms with Crippen molar-refractivity contribution in [1.29, 1.82) is 0 Å². The smallest absolute Gasteiger partial charge is 0.145 e. The lowest BCUT2D eigenvalue weighted by molar-refractivity contribution is -0.111. The number of hydrogen-bond acceptors (Lipinski definition) is 4. The summed E-state index contributed by atoms with van der Waals surface area (Å²) in [7, 11) is 0. The van der Waals surface area contributed by atoms with Gasteiger partial charge in [-0.25, -0.2) is 5.90 Å². The van der Waals surface area contributed by atoms with Crippen molar-refractivity contribution in [3.63, 3.8) is 0 Å². The van der Waals surface area contributed by atoms with Crippen LogP contribution in [0.3, 0.4) is 0 Å². The van der Waals surface area contributed by atoms with Gasteiger partial charge in [-0.3, -0.25) is 0 Å². The molecule has 0 aromatic carbocycles. The second kappa shape index (κ2) is 8.55. The van der Waals surface area contributed by atoms with Crippen LogP contribution in [0.4, 0.5) is 0 Å². The molecule has 0 aliphatic carbocycles. The Morgan fingerprint density at radius 3 is 2.60 bits per heavy atom. The van der Waals surface area contributed by atoms with E-state index in [1.807, 2.05) is 0 Å². The second-order valence-electron chi connectivity index (χ2n) is 1.82. The van der Waals surface area contributed by atoms with Crippen LogP contribution in [-0.2, 0) is 14.4 Å². The topological polar surface area (TPSA) is 61.6 Å². The zero-order chi connectivity index (χ0) is 7.66. The molecule has 0 saturated carbocycles. The first-order valence-corrected chi connectivity index (χ1v) is 3.25. The molecule has 2 N–H and O–H groups in total. The summed E-state index contributed by atoms with van der Waals surface area (Å²) in [5, 5.41) is 0. The van der Waals surface area contributed by atoms with E-state index in [1.165, 1.54) is 0 Å². The summed E-state index contributed by atoms with van der Waals surface area (Å²) in [6.45, 7) is 1.33. The van der Waals surface area contributed by atoms with Gasteiger partial charge in [-0.1, -0.05) is 0 Å². The lowest BCUT2D eigenvalue weighted by atomic mass is 10.3. The van der Waals surface area contributed by atoms with Gasteiger partial charge in [0, 0.05) is 6.61 Å². The Kier molecular flexibility index (Phi) is 8.17. The van der Waals surface area contributed by atoms with E-state index >= 15 is 0 Å². The van der Waals surface area contributed by atoms with Crippen molar-refractivity contribution in [1.82, 2.24) is 0 Å². The van der Waals surface area contributed by atoms with Gasteiger partial charge in [0.05, 0.1) is 6.61 Å². The fourth-order valence-electron chi connectivity index (χ4n) is 0.521. The van der Waals surface area contributed by atoms with Crippen molar-refractivity contribution in [2.45, 2.75) is 12.8 Å². The number of rotatable bonds is 7. The first kappa shape index (κ1) is 9.55. The zero-order valence-corrected chi connectivity index (χ0v) is 5.91. The molecule has 0 spiro atoms. The van der Waals surface area contributed by atoms with Gasteiger partial charge in [-0.15, -0.1) is 0 Å². The Labute approximate surface area is 60.2 Å². The van der Waals surface area contributed by atoms with Crippen LogP contribution >= 0.6 is 0 Å². The Morgan fingerprint density at radius 1 is 1.30 bits per heavy atom. The molecule has 0 radical (unpaired) electrons. The minimum atomic E-state index is 0.184. The van der Waals surface area contributed by atoms with Crippen LogP contribution in [0, 0.1) is 0 Å². The van der Waals surface area contributed by atoms with E-state index in [9.17, 15) is 4.79 Å². The Morgan fingerprint density at radius 2 is 2.00 bits per heavy atom. The third-order valence-electron chi connectivity index (χ3n) is 0.987. The highest BCUT2D eigenvalue weighted by atomic mass is 16.6. The molecule has 0 rings (SSSR count). The van der Waals surface area contributed by atoms with E-state index < -0.39 is 0 Å². The molecule has 0 aliphatic heterocycles. The van der Waals surface area contributed by atoms with Crippen LogP contribution in [-0.4, -0.2) is 26.1 Å². The number of ether oxygens (including phenoxy) is 1. The molecule has 0 aromatic heterocycles. The lowest BCUT2D eigenvalue weighted by Crippen LogP contribution is -2.03. The third-order valence-corrected chi connectivity index (χ3v) is 0.987. The minimum Gasteiger partial charge on any atom is -0.374 e. The molecule has 60 valence electrons. The van der Waals surface area contributed by atoms with Crippen LogP contribution in [0.1, 0.15) is 12.8 Å². The molecule has 0 bridgehead atoms. The molecule has 0 fully saturated rings. The van der Waals surface area contributed by atoms with Gasteiger partial charge in [0.25, 0.3) is 0 Å². The lowest BCUT2D eigenvalue weighted by Gasteiger charge is -1.98. The summed E-state index contributed by atoms with van der Waals surface area (Å²) in [5.74, 6) is 4.77. The molecule has 10 heavy (non-hydrogen) atoms. The molecule has 0 unspecified atom stereocenters. The molecule has 4 heteroatoms. The van der Waals surface area contributed by atoms with Crippen LogP contribution in [0.5, 0.6) is 0 Å². The first-order chi connectivity index (χ1) is 4.91. The van der Waals surface area contributed by atoms with E-state index in [-0.39, 0.29) is 6.61 Å². The SMILES string of the molecule is NOCCCCOCC=O. The van der Waals surface area contributed by atoms with Crippen LogP contribution in [0.15, 0.2) is 0 Å². The standard InChI is InChI=1S/C6H13NO3/c7-10-5-2-1-4-9-6-3-8/h3H,1-2,4-7H2. The Bertz CT molecular complexity index is 77.4. The summed E-state index contributed by atoms with van der Waals surface area (Å²) in [5.41, 5.74) is 0.